The van der Waals surface area contributed by atoms with Gasteiger partial charge in [-0.25, -0.2) is 9.97 Å². The molecule has 3 aromatic rings. The lowest BCUT2D eigenvalue weighted by Crippen LogP contribution is -2.34. The van der Waals surface area contributed by atoms with Crippen molar-refractivity contribution in [2.45, 2.75) is 31.8 Å². The van der Waals surface area contributed by atoms with Crippen molar-refractivity contribution in [1.29, 1.82) is 0 Å². The second kappa shape index (κ2) is 6.09. The molecule has 0 radical (unpaired) electrons. The monoisotopic (exact) mass is 373 g/mol. The number of hydrogen-bond donors (Lipinski definition) is 0. The van der Waals surface area contributed by atoms with Gasteiger partial charge >= 0.3 is 0 Å². The van der Waals surface area contributed by atoms with Gasteiger partial charge in [-0.05, 0) is 31.5 Å². The van der Waals surface area contributed by atoms with Crippen molar-refractivity contribution >= 4 is 21.6 Å². The lowest BCUT2D eigenvalue weighted by molar-refractivity contribution is 0.130. The molecule has 0 N–H and O–H groups in total. The first-order chi connectivity index (χ1) is 11.2. The maximum atomic E-state index is 4.77. The molecule has 0 spiro atoms. The van der Waals surface area contributed by atoms with E-state index in [1.807, 2.05) is 24.7 Å². The summed E-state index contributed by atoms with van der Waals surface area (Å²) in [5.41, 5.74) is 2.10. The van der Waals surface area contributed by atoms with Crippen molar-refractivity contribution in [3.05, 3.63) is 52.9 Å². The predicted octanol–water partition coefficient (Wildman–Crippen LogP) is 3.56. The minimum Gasteiger partial charge on any atom is -0.337 e. The number of piperidine rings is 1. The minimum atomic E-state index is 0.389. The average molecular weight is 374 g/mol. The molecule has 120 valence electrons. The third-order valence-corrected chi connectivity index (χ3v) is 5.10. The Morgan fingerprint density at radius 1 is 1.30 bits per heavy atom. The zero-order chi connectivity index (χ0) is 15.8. The first kappa shape index (κ1) is 14.9. The number of imidazole rings is 2. The summed E-state index contributed by atoms with van der Waals surface area (Å²) >= 11 is 3.51. The second-order valence-electron chi connectivity index (χ2n) is 6.22. The highest BCUT2D eigenvalue weighted by Crippen LogP contribution is 2.31. The first-order valence-corrected chi connectivity index (χ1v) is 8.84. The van der Waals surface area contributed by atoms with Crippen molar-refractivity contribution in [2.75, 3.05) is 6.54 Å². The molecule has 1 aliphatic heterocycles. The van der Waals surface area contributed by atoms with Crippen LogP contribution in [0.1, 0.15) is 36.8 Å². The number of nitrogens with zero attached hydrogens (tertiary/aromatic N) is 5. The largest absolute Gasteiger partial charge is 0.337 e. The Hall–Kier alpha value is -1.66. The Balaban J connectivity index is 1.60. The van der Waals surface area contributed by atoms with Crippen LogP contribution in [0.25, 0.3) is 5.65 Å². The van der Waals surface area contributed by atoms with Gasteiger partial charge in [0.2, 0.25) is 0 Å². The van der Waals surface area contributed by atoms with Crippen LogP contribution in [0.3, 0.4) is 0 Å². The van der Waals surface area contributed by atoms with Crippen LogP contribution in [0, 0.1) is 0 Å². The van der Waals surface area contributed by atoms with Crippen LogP contribution < -0.4 is 0 Å². The summed E-state index contributed by atoms with van der Waals surface area (Å²) in [5, 5.41) is 0. The maximum absolute atomic E-state index is 4.77. The standard InChI is InChI=1S/C17H20BrN5/c1-21-9-6-19-17(21)15-4-2-3-7-22(15)11-14-12-23-8-5-13(18)10-16(23)20-14/h5-6,8-10,12,15H,2-4,7,11H2,1H3. The van der Waals surface area contributed by atoms with Gasteiger partial charge in [-0.2, -0.15) is 0 Å². The van der Waals surface area contributed by atoms with E-state index < -0.39 is 0 Å². The minimum absolute atomic E-state index is 0.389. The van der Waals surface area contributed by atoms with Gasteiger partial charge in [0.25, 0.3) is 0 Å². The SMILES string of the molecule is Cn1ccnc1C1CCCCN1Cc1cn2ccc(Br)cc2n1. The van der Waals surface area contributed by atoms with Gasteiger partial charge in [-0.1, -0.05) is 22.4 Å². The van der Waals surface area contributed by atoms with Crippen LogP contribution in [-0.4, -0.2) is 30.4 Å². The predicted molar refractivity (Wildman–Crippen MR) is 93.1 cm³/mol. The summed E-state index contributed by atoms with van der Waals surface area (Å²) in [5.74, 6) is 1.16. The number of fused-ring (bicyclic) bond motifs is 1. The van der Waals surface area contributed by atoms with Gasteiger partial charge < -0.3 is 8.97 Å². The summed E-state index contributed by atoms with van der Waals surface area (Å²) in [6, 6.07) is 4.48. The zero-order valence-electron chi connectivity index (χ0n) is 13.2. The van der Waals surface area contributed by atoms with Gasteiger partial charge in [0, 0.05) is 42.9 Å². The Bertz CT molecular complexity index is 821. The highest BCUT2D eigenvalue weighted by Gasteiger charge is 2.27. The van der Waals surface area contributed by atoms with Gasteiger partial charge in [0.1, 0.15) is 11.5 Å². The molecule has 1 unspecified atom stereocenters. The van der Waals surface area contributed by atoms with Crippen molar-refractivity contribution in [3.8, 4) is 0 Å². The fourth-order valence-corrected chi connectivity index (χ4v) is 3.79. The molecule has 4 rings (SSSR count). The summed E-state index contributed by atoms with van der Waals surface area (Å²) in [7, 11) is 2.08. The highest BCUT2D eigenvalue weighted by atomic mass is 79.9. The van der Waals surface area contributed by atoms with Crippen LogP contribution >= 0.6 is 15.9 Å². The number of aromatic nitrogens is 4. The fraction of sp³-hybridized carbons (Fsp3) is 0.412. The van der Waals surface area contributed by atoms with E-state index in [-0.39, 0.29) is 0 Å². The smallest absolute Gasteiger partial charge is 0.138 e. The highest BCUT2D eigenvalue weighted by molar-refractivity contribution is 9.10. The van der Waals surface area contributed by atoms with E-state index in [2.05, 4.69) is 54.1 Å². The van der Waals surface area contributed by atoms with Gasteiger partial charge in [-0.3, -0.25) is 4.90 Å². The maximum Gasteiger partial charge on any atom is 0.138 e. The van der Waals surface area contributed by atoms with Gasteiger partial charge in [0.05, 0.1) is 11.7 Å². The van der Waals surface area contributed by atoms with Crippen molar-refractivity contribution in [1.82, 2.24) is 23.8 Å². The summed E-state index contributed by atoms with van der Waals surface area (Å²) in [4.78, 5) is 11.9. The molecule has 1 saturated heterocycles. The second-order valence-corrected chi connectivity index (χ2v) is 7.14. The van der Waals surface area contributed by atoms with Gasteiger partial charge in [-0.15, -0.1) is 0 Å². The molecule has 6 heteroatoms. The summed E-state index contributed by atoms with van der Waals surface area (Å²) in [6.07, 6.45) is 11.8. The lowest BCUT2D eigenvalue weighted by Gasteiger charge is -2.34. The molecule has 4 heterocycles. The van der Waals surface area contributed by atoms with E-state index in [4.69, 9.17) is 4.98 Å². The average Bonchev–Trinajstić information content (AvgIpc) is 3.13. The molecule has 0 amide bonds. The third-order valence-electron chi connectivity index (χ3n) is 4.61. The van der Waals surface area contributed by atoms with E-state index in [1.165, 1.54) is 19.3 Å². The number of rotatable bonds is 3. The lowest BCUT2D eigenvalue weighted by atomic mass is 10.0. The number of hydrogen-bond acceptors (Lipinski definition) is 3. The third kappa shape index (κ3) is 2.93. The normalized spacial score (nSPS) is 19.5. The van der Waals surface area contributed by atoms with Crippen molar-refractivity contribution < 1.29 is 0 Å². The van der Waals surface area contributed by atoms with E-state index in [0.29, 0.717) is 6.04 Å². The molecule has 23 heavy (non-hydrogen) atoms. The molecule has 3 aromatic heterocycles. The molecule has 1 atom stereocenters. The first-order valence-electron chi connectivity index (χ1n) is 8.05. The molecule has 0 aliphatic carbocycles. The van der Waals surface area contributed by atoms with Crippen LogP contribution in [0.4, 0.5) is 0 Å². The van der Waals surface area contributed by atoms with E-state index in [9.17, 15) is 0 Å². The Morgan fingerprint density at radius 2 is 2.22 bits per heavy atom. The summed E-state index contributed by atoms with van der Waals surface area (Å²) < 4.78 is 5.29. The molecule has 0 aromatic carbocycles. The van der Waals surface area contributed by atoms with Crippen molar-refractivity contribution in [2.24, 2.45) is 7.05 Å². The molecule has 5 nitrogen and oxygen atoms in total. The van der Waals surface area contributed by atoms with E-state index in [1.54, 1.807) is 0 Å². The van der Waals surface area contributed by atoms with Crippen LogP contribution in [0.2, 0.25) is 0 Å². The number of pyridine rings is 1. The molecule has 0 bridgehead atoms. The van der Waals surface area contributed by atoms with Crippen molar-refractivity contribution in [3.63, 3.8) is 0 Å². The van der Waals surface area contributed by atoms with Gasteiger partial charge in [0.15, 0.2) is 0 Å². The number of aryl methyl sites for hydroxylation is 1. The zero-order valence-corrected chi connectivity index (χ0v) is 14.8. The van der Waals surface area contributed by atoms with Crippen LogP contribution in [0.15, 0.2) is 41.4 Å². The molecule has 0 saturated carbocycles. The van der Waals surface area contributed by atoms with Crippen LogP contribution in [-0.2, 0) is 13.6 Å². The van der Waals surface area contributed by atoms with E-state index in [0.717, 1.165) is 34.7 Å². The fourth-order valence-electron chi connectivity index (χ4n) is 3.46. The quantitative estimate of drug-likeness (QED) is 0.704. The number of likely N-dealkylation sites (tertiary alicyclic amines) is 1. The Labute approximate surface area is 144 Å². The van der Waals surface area contributed by atoms with Crippen LogP contribution in [0.5, 0.6) is 0 Å². The van der Waals surface area contributed by atoms with E-state index >= 15 is 0 Å². The number of halogens is 1. The topological polar surface area (TPSA) is 38.4 Å². The Morgan fingerprint density at radius 3 is 3.04 bits per heavy atom. The Kier molecular flexibility index (Phi) is 3.95. The summed E-state index contributed by atoms with van der Waals surface area (Å²) in [6.45, 7) is 1.98. The molecule has 1 aliphatic rings. The molecular weight excluding hydrogens is 354 g/mol. The molecular formula is C17H20BrN5. The molecule has 1 fully saturated rings.